The fourth-order valence-corrected chi connectivity index (χ4v) is 1.79. The van der Waals surface area contributed by atoms with Crippen molar-refractivity contribution in [1.29, 1.82) is 0 Å². The van der Waals surface area contributed by atoms with Crippen molar-refractivity contribution in [3.05, 3.63) is 23.8 Å². The zero-order valence-electron chi connectivity index (χ0n) is 12.0. The first-order valence-corrected chi connectivity index (χ1v) is 6.18. The number of nitrogens with zero attached hydrogens (tertiary/aromatic N) is 1. The van der Waals surface area contributed by atoms with Crippen LogP contribution in [0.1, 0.15) is 12.5 Å². The molecule has 0 spiro atoms. The van der Waals surface area contributed by atoms with Crippen LogP contribution in [0.5, 0.6) is 11.5 Å². The molecule has 0 aliphatic carbocycles. The van der Waals surface area contributed by atoms with E-state index in [1.807, 2.05) is 19.1 Å². The fraction of sp³-hybridized carbons (Fsp3) is 0.500. The van der Waals surface area contributed by atoms with Crippen LogP contribution >= 0.6 is 0 Å². The normalized spacial score (nSPS) is 11.8. The lowest BCUT2D eigenvalue weighted by atomic mass is 10.1. The zero-order chi connectivity index (χ0) is 14.4. The summed E-state index contributed by atoms with van der Waals surface area (Å²) in [5, 5.41) is 0. The third kappa shape index (κ3) is 4.13. The van der Waals surface area contributed by atoms with E-state index in [2.05, 4.69) is 0 Å². The number of carbonyl (C=O) groups is 1. The smallest absolute Gasteiger partial charge is 0.226 e. The lowest BCUT2D eigenvalue weighted by Gasteiger charge is -2.21. The maximum atomic E-state index is 12.0. The van der Waals surface area contributed by atoms with Gasteiger partial charge in [0, 0.05) is 32.1 Å². The summed E-state index contributed by atoms with van der Waals surface area (Å²) in [4.78, 5) is 13.6. The van der Waals surface area contributed by atoms with Gasteiger partial charge in [0.15, 0.2) is 0 Å². The molecule has 0 radical (unpaired) electrons. The number of hydrogen-bond acceptors (Lipinski definition) is 4. The highest BCUT2D eigenvalue weighted by Gasteiger charge is 2.16. The molecule has 5 nitrogen and oxygen atoms in total. The van der Waals surface area contributed by atoms with Crippen LogP contribution in [0.4, 0.5) is 0 Å². The Hall–Kier alpha value is -1.75. The van der Waals surface area contributed by atoms with Crippen molar-refractivity contribution in [3.8, 4) is 11.5 Å². The number of ether oxygens (including phenoxy) is 2. The number of benzene rings is 1. The van der Waals surface area contributed by atoms with Gasteiger partial charge < -0.3 is 20.1 Å². The highest BCUT2D eigenvalue weighted by Crippen LogP contribution is 2.23. The molecule has 2 N–H and O–H groups in total. The number of hydrogen-bond donors (Lipinski definition) is 1. The van der Waals surface area contributed by atoms with Gasteiger partial charge in [-0.05, 0) is 17.7 Å². The maximum absolute atomic E-state index is 12.0. The summed E-state index contributed by atoms with van der Waals surface area (Å²) in [7, 11) is 4.97. The average Bonchev–Trinajstić information content (AvgIpc) is 2.44. The predicted octanol–water partition coefficient (Wildman–Crippen LogP) is 1.26. The lowest BCUT2D eigenvalue weighted by Crippen LogP contribution is -2.34. The van der Waals surface area contributed by atoms with Crippen LogP contribution in [0.15, 0.2) is 18.2 Å². The summed E-state index contributed by atoms with van der Waals surface area (Å²) in [6.07, 6.45) is 0. The molecule has 0 fully saturated rings. The first kappa shape index (κ1) is 15.3. The molecule has 1 aromatic rings. The molecule has 19 heavy (non-hydrogen) atoms. The average molecular weight is 266 g/mol. The molecular formula is C14H22N2O3. The molecule has 1 atom stereocenters. The molecule has 1 rings (SSSR count). The second kappa shape index (κ2) is 6.99. The number of amides is 1. The van der Waals surface area contributed by atoms with E-state index in [0.717, 1.165) is 5.56 Å². The minimum atomic E-state index is -0.169. The quantitative estimate of drug-likeness (QED) is 0.842. The minimum Gasteiger partial charge on any atom is -0.497 e. The Kier molecular flexibility index (Phi) is 5.63. The number of carbonyl (C=O) groups excluding carboxylic acids is 1. The summed E-state index contributed by atoms with van der Waals surface area (Å²) in [6, 6.07) is 5.58. The van der Waals surface area contributed by atoms with Crippen LogP contribution in [-0.4, -0.2) is 38.6 Å². The highest BCUT2D eigenvalue weighted by molar-refractivity contribution is 5.78. The molecule has 1 amide bonds. The van der Waals surface area contributed by atoms with Gasteiger partial charge >= 0.3 is 0 Å². The summed E-state index contributed by atoms with van der Waals surface area (Å²) in [5.74, 6) is 1.28. The third-order valence-electron chi connectivity index (χ3n) is 2.98. The van der Waals surface area contributed by atoms with Crippen molar-refractivity contribution in [3.63, 3.8) is 0 Å². The Morgan fingerprint density at radius 3 is 2.21 bits per heavy atom. The predicted molar refractivity (Wildman–Crippen MR) is 74.2 cm³/mol. The molecule has 0 aliphatic heterocycles. The van der Waals surface area contributed by atoms with E-state index in [1.54, 1.807) is 32.2 Å². The van der Waals surface area contributed by atoms with Crippen molar-refractivity contribution in [2.75, 3.05) is 27.8 Å². The Morgan fingerprint density at radius 1 is 1.26 bits per heavy atom. The van der Waals surface area contributed by atoms with Gasteiger partial charge in [0.2, 0.25) is 5.91 Å². The molecule has 0 saturated carbocycles. The molecular weight excluding hydrogens is 244 g/mol. The maximum Gasteiger partial charge on any atom is 0.226 e. The molecule has 5 heteroatoms. The van der Waals surface area contributed by atoms with Gasteiger partial charge in [-0.3, -0.25) is 4.79 Å². The number of rotatable bonds is 6. The third-order valence-corrected chi connectivity index (χ3v) is 2.98. The van der Waals surface area contributed by atoms with E-state index in [-0.39, 0.29) is 11.8 Å². The van der Waals surface area contributed by atoms with Gasteiger partial charge in [-0.15, -0.1) is 0 Å². The molecule has 0 bridgehead atoms. The van der Waals surface area contributed by atoms with E-state index in [9.17, 15) is 4.79 Å². The van der Waals surface area contributed by atoms with Crippen LogP contribution < -0.4 is 15.2 Å². The summed E-state index contributed by atoms with van der Waals surface area (Å²) >= 11 is 0. The van der Waals surface area contributed by atoms with Crippen LogP contribution in [0, 0.1) is 5.92 Å². The van der Waals surface area contributed by atoms with Crippen molar-refractivity contribution in [2.45, 2.75) is 13.5 Å². The Bertz CT molecular complexity index is 412. The molecule has 0 aliphatic rings. The van der Waals surface area contributed by atoms with E-state index >= 15 is 0 Å². The van der Waals surface area contributed by atoms with Crippen molar-refractivity contribution >= 4 is 5.91 Å². The Balaban J connectivity index is 2.83. The van der Waals surface area contributed by atoms with E-state index in [1.165, 1.54) is 0 Å². The topological polar surface area (TPSA) is 64.8 Å². The van der Waals surface area contributed by atoms with E-state index < -0.39 is 0 Å². The standard InChI is InChI=1S/C14H22N2O3/c1-10(8-15)14(17)16(2)9-11-5-12(18-3)7-13(6-11)19-4/h5-7,10H,8-9,15H2,1-4H3. The molecule has 0 saturated heterocycles. The first-order valence-electron chi connectivity index (χ1n) is 6.18. The van der Waals surface area contributed by atoms with Crippen LogP contribution in [0.3, 0.4) is 0 Å². The van der Waals surface area contributed by atoms with Gasteiger partial charge in [0.05, 0.1) is 14.2 Å². The van der Waals surface area contributed by atoms with E-state index in [0.29, 0.717) is 24.6 Å². The summed E-state index contributed by atoms with van der Waals surface area (Å²) < 4.78 is 10.4. The van der Waals surface area contributed by atoms with Gasteiger partial charge in [0.25, 0.3) is 0 Å². The molecule has 106 valence electrons. The van der Waals surface area contributed by atoms with Gasteiger partial charge in [-0.2, -0.15) is 0 Å². The van der Waals surface area contributed by atoms with Gasteiger partial charge in [0.1, 0.15) is 11.5 Å². The van der Waals surface area contributed by atoms with Gasteiger partial charge in [-0.1, -0.05) is 6.92 Å². The van der Waals surface area contributed by atoms with Crippen molar-refractivity contribution < 1.29 is 14.3 Å². The lowest BCUT2D eigenvalue weighted by molar-refractivity contribution is -0.133. The Morgan fingerprint density at radius 2 is 1.79 bits per heavy atom. The fourth-order valence-electron chi connectivity index (χ4n) is 1.79. The zero-order valence-corrected chi connectivity index (χ0v) is 12.0. The van der Waals surface area contributed by atoms with Crippen LogP contribution in [0.25, 0.3) is 0 Å². The van der Waals surface area contributed by atoms with Gasteiger partial charge in [-0.25, -0.2) is 0 Å². The number of nitrogens with two attached hydrogens (primary N) is 1. The molecule has 1 unspecified atom stereocenters. The second-order valence-electron chi connectivity index (χ2n) is 4.55. The first-order chi connectivity index (χ1) is 9.01. The Labute approximate surface area is 114 Å². The summed E-state index contributed by atoms with van der Waals surface area (Å²) in [6.45, 7) is 2.67. The largest absolute Gasteiger partial charge is 0.497 e. The monoisotopic (exact) mass is 266 g/mol. The van der Waals surface area contributed by atoms with Crippen LogP contribution in [-0.2, 0) is 11.3 Å². The van der Waals surface area contributed by atoms with Crippen LogP contribution in [0.2, 0.25) is 0 Å². The van der Waals surface area contributed by atoms with Crippen molar-refractivity contribution in [1.82, 2.24) is 4.90 Å². The molecule has 0 heterocycles. The highest BCUT2D eigenvalue weighted by atomic mass is 16.5. The summed E-state index contributed by atoms with van der Waals surface area (Å²) in [5.41, 5.74) is 6.46. The SMILES string of the molecule is COc1cc(CN(C)C(=O)C(C)CN)cc(OC)c1. The molecule has 0 aromatic heterocycles. The van der Waals surface area contributed by atoms with E-state index in [4.69, 9.17) is 15.2 Å². The van der Waals surface area contributed by atoms with Crippen molar-refractivity contribution in [2.24, 2.45) is 11.7 Å². The minimum absolute atomic E-state index is 0.0317. The second-order valence-corrected chi connectivity index (χ2v) is 4.55. The molecule has 1 aromatic carbocycles. The number of methoxy groups -OCH3 is 2.